The van der Waals surface area contributed by atoms with Crippen molar-refractivity contribution in [3.8, 4) is 22.5 Å². The number of benzene rings is 2. The van der Waals surface area contributed by atoms with Crippen LogP contribution in [0.2, 0.25) is 0 Å². The van der Waals surface area contributed by atoms with Gasteiger partial charge in [-0.3, -0.25) is 0 Å². The van der Waals surface area contributed by atoms with Crippen molar-refractivity contribution in [2.75, 3.05) is 13.1 Å². The first-order chi connectivity index (χ1) is 14.4. The van der Waals surface area contributed by atoms with Crippen molar-refractivity contribution >= 4 is 6.09 Å². The summed E-state index contributed by atoms with van der Waals surface area (Å²) >= 11 is 0. The third-order valence-electron chi connectivity index (χ3n) is 5.19. The van der Waals surface area contributed by atoms with Gasteiger partial charge in [0.25, 0.3) is 0 Å². The maximum atomic E-state index is 12.2. The molecule has 0 spiro atoms. The standard InChI is InChI=1S/C24H27N3O3/c1-24(2,3)29-23(28)27-15-13-20(14-16-27)22-25-21(26-30-22)19-11-9-18(10-12-19)17-7-5-4-6-8-17/h4-12,20H,13-16H2,1-3H3. The third-order valence-corrected chi connectivity index (χ3v) is 5.19. The summed E-state index contributed by atoms with van der Waals surface area (Å²) in [6.45, 7) is 6.89. The molecule has 1 amide bonds. The Morgan fingerprint density at radius 2 is 1.57 bits per heavy atom. The first-order valence-corrected chi connectivity index (χ1v) is 10.4. The van der Waals surface area contributed by atoms with Gasteiger partial charge in [0.05, 0.1) is 0 Å². The number of nitrogens with zero attached hydrogens (tertiary/aromatic N) is 3. The molecule has 1 aliphatic rings. The second kappa shape index (κ2) is 8.30. The van der Waals surface area contributed by atoms with E-state index in [0.29, 0.717) is 24.8 Å². The van der Waals surface area contributed by atoms with Gasteiger partial charge in [0.15, 0.2) is 0 Å². The average Bonchev–Trinajstić information content (AvgIpc) is 3.24. The smallest absolute Gasteiger partial charge is 0.410 e. The van der Waals surface area contributed by atoms with Crippen molar-refractivity contribution in [1.82, 2.24) is 15.0 Å². The monoisotopic (exact) mass is 405 g/mol. The van der Waals surface area contributed by atoms with E-state index >= 15 is 0 Å². The molecular weight excluding hydrogens is 378 g/mol. The predicted molar refractivity (Wildman–Crippen MR) is 115 cm³/mol. The van der Waals surface area contributed by atoms with Crippen LogP contribution in [0.15, 0.2) is 59.1 Å². The summed E-state index contributed by atoms with van der Waals surface area (Å²) in [6.07, 6.45) is 1.31. The fraction of sp³-hybridized carbons (Fsp3) is 0.375. The first kappa shape index (κ1) is 20.1. The number of hydrogen-bond acceptors (Lipinski definition) is 5. The highest BCUT2D eigenvalue weighted by Gasteiger charge is 2.30. The van der Waals surface area contributed by atoms with Gasteiger partial charge in [-0.2, -0.15) is 4.98 Å². The first-order valence-electron chi connectivity index (χ1n) is 10.4. The molecule has 156 valence electrons. The lowest BCUT2D eigenvalue weighted by molar-refractivity contribution is 0.0198. The molecule has 6 heteroatoms. The zero-order chi connectivity index (χ0) is 21.1. The number of aromatic nitrogens is 2. The van der Waals surface area contributed by atoms with E-state index < -0.39 is 5.60 Å². The maximum Gasteiger partial charge on any atom is 0.410 e. The van der Waals surface area contributed by atoms with Crippen LogP contribution >= 0.6 is 0 Å². The van der Waals surface area contributed by atoms with E-state index in [1.54, 1.807) is 4.90 Å². The summed E-state index contributed by atoms with van der Waals surface area (Å²) < 4.78 is 11.0. The Hall–Kier alpha value is -3.15. The van der Waals surface area contributed by atoms with Gasteiger partial charge in [-0.05, 0) is 44.7 Å². The van der Waals surface area contributed by atoms with Gasteiger partial charge in [0, 0.05) is 24.6 Å². The van der Waals surface area contributed by atoms with Crippen molar-refractivity contribution in [1.29, 1.82) is 0 Å². The van der Waals surface area contributed by atoms with Crippen LogP contribution in [0.4, 0.5) is 4.79 Å². The predicted octanol–water partition coefficient (Wildman–Crippen LogP) is 5.52. The van der Waals surface area contributed by atoms with E-state index in [0.717, 1.165) is 24.0 Å². The van der Waals surface area contributed by atoms with E-state index in [1.165, 1.54) is 5.56 Å². The van der Waals surface area contributed by atoms with E-state index in [-0.39, 0.29) is 12.0 Å². The van der Waals surface area contributed by atoms with Crippen LogP contribution in [0.5, 0.6) is 0 Å². The van der Waals surface area contributed by atoms with Crippen molar-refractivity contribution < 1.29 is 14.1 Å². The van der Waals surface area contributed by atoms with Crippen molar-refractivity contribution in [3.05, 3.63) is 60.5 Å². The van der Waals surface area contributed by atoms with Gasteiger partial charge in [-0.15, -0.1) is 0 Å². The summed E-state index contributed by atoms with van der Waals surface area (Å²) in [7, 11) is 0. The van der Waals surface area contributed by atoms with E-state index in [4.69, 9.17) is 9.26 Å². The number of hydrogen-bond donors (Lipinski definition) is 0. The number of ether oxygens (including phenoxy) is 1. The molecule has 2 heterocycles. The maximum absolute atomic E-state index is 12.2. The normalized spacial score (nSPS) is 15.2. The van der Waals surface area contributed by atoms with Crippen LogP contribution in [0.25, 0.3) is 22.5 Å². The number of carbonyl (C=O) groups excluding carboxylic acids is 1. The van der Waals surface area contributed by atoms with Gasteiger partial charge < -0.3 is 14.2 Å². The molecule has 0 aliphatic carbocycles. The second-order valence-corrected chi connectivity index (χ2v) is 8.64. The molecule has 2 aromatic carbocycles. The van der Waals surface area contributed by atoms with Gasteiger partial charge in [0.1, 0.15) is 5.60 Å². The minimum atomic E-state index is -0.481. The van der Waals surface area contributed by atoms with Crippen molar-refractivity contribution in [2.45, 2.75) is 45.1 Å². The lowest BCUT2D eigenvalue weighted by Gasteiger charge is -2.32. The summed E-state index contributed by atoms with van der Waals surface area (Å²) in [5.41, 5.74) is 2.77. The molecule has 6 nitrogen and oxygen atoms in total. The SMILES string of the molecule is CC(C)(C)OC(=O)N1CCC(c2nc(-c3ccc(-c4ccccc4)cc3)no2)CC1. The Labute approximate surface area is 176 Å². The average molecular weight is 405 g/mol. The van der Waals surface area contributed by atoms with Crippen LogP contribution in [-0.2, 0) is 4.74 Å². The topological polar surface area (TPSA) is 68.5 Å². The van der Waals surface area contributed by atoms with Crippen molar-refractivity contribution in [3.63, 3.8) is 0 Å². The fourth-order valence-electron chi connectivity index (χ4n) is 3.60. The molecule has 0 N–H and O–H groups in total. The molecule has 1 saturated heterocycles. The molecule has 0 saturated carbocycles. The van der Waals surface area contributed by atoms with Crippen LogP contribution in [0.3, 0.4) is 0 Å². The highest BCUT2D eigenvalue weighted by Crippen LogP contribution is 2.30. The molecule has 4 rings (SSSR count). The third kappa shape index (κ3) is 4.70. The largest absolute Gasteiger partial charge is 0.444 e. The molecule has 1 fully saturated rings. The molecule has 0 bridgehead atoms. The molecule has 0 unspecified atom stereocenters. The van der Waals surface area contributed by atoms with Crippen LogP contribution in [0.1, 0.15) is 45.4 Å². The fourth-order valence-corrected chi connectivity index (χ4v) is 3.60. The van der Waals surface area contributed by atoms with E-state index in [1.807, 2.05) is 51.1 Å². The lowest BCUT2D eigenvalue weighted by Crippen LogP contribution is -2.41. The Kier molecular flexibility index (Phi) is 5.57. The van der Waals surface area contributed by atoms with Gasteiger partial charge in [-0.25, -0.2) is 4.79 Å². The van der Waals surface area contributed by atoms with Crippen LogP contribution in [0, 0.1) is 0 Å². The highest BCUT2D eigenvalue weighted by molar-refractivity contribution is 5.68. The minimum absolute atomic E-state index is 0.161. The van der Waals surface area contributed by atoms with Gasteiger partial charge >= 0.3 is 6.09 Å². The summed E-state index contributed by atoms with van der Waals surface area (Å²) in [5, 5.41) is 4.18. The summed E-state index contributed by atoms with van der Waals surface area (Å²) in [5.74, 6) is 1.40. The Morgan fingerprint density at radius 1 is 0.967 bits per heavy atom. The zero-order valence-electron chi connectivity index (χ0n) is 17.7. The number of amides is 1. The summed E-state index contributed by atoms with van der Waals surface area (Å²) in [4.78, 5) is 18.6. The molecule has 0 radical (unpaired) electrons. The molecule has 3 aromatic rings. The van der Waals surface area contributed by atoms with Crippen LogP contribution in [-0.4, -0.2) is 39.8 Å². The molecule has 1 aliphatic heterocycles. The molecule has 1 aromatic heterocycles. The number of rotatable bonds is 3. The number of carbonyl (C=O) groups is 1. The quantitative estimate of drug-likeness (QED) is 0.574. The minimum Gasteiger partial charge on any atom is -0.444 e. The lowest BCUT2D eigenvalue weighted by atomic mass is 9.97. The number of likely N-dealkylation sites (tertiary alicyclic amines) is 1. The zero-order valence-corrected chi connectivity index (χ0v) is 17.7. The summed E-state index contributed by atoms with van der Waals surface area (Å²) in [6, 6.07) is 18.4. The number of piperidine rings is 1. The van der Waals surface area contributed by atoms with Gasteiger partial charge in [0.2, 0.25) is 11.7 Å². The van der Waals surface area contributed by atoms with E-state index in [2.05, 4.69) is 34.4 Å². The van der Waals surface area contributed by atoms with Crippen LogP contribution < -0.4 is 0 Å². The second-order valence-electron chi connectivity index (χ2n) is 8.64. The Balaban J connectivity index is 1.38. The van der Waals surface area contributed by atoms with Crippen molar-refractivity contribution in [2.24, 2.45) is 0 Å². The van der Waals surface area contributed by atoms with Gasteiger partial charge in [-0.1, -0.05) is 59.8 Å². The molecule has 0 atom stereocenters. The van der Waals surface area contributed by atoms with E-state index in [9.17, 15) is 4.79 Å². The Bertz CT molecular complexity index is 983. The Morgan fingerprint density at radius 3 is 2.20 bits per heavy atom. The highest BCUT2D eigenvalue weighted by atomic mass is 16.6. The molecular formula is C24H27N3O3. The molecule has 30 heavy (non-hydrogen) atoms.